The zero-order valence-corrected chi connectivity index (χ0v) is 13.1. The van der Waals surface area contributed by atoms with Crippen LogP contribution in [-0.2, 0) is 10.3 Å². The van der Waals surface area contributed by atoms with Crippen LogP contribution in [0.2, 0.25) is 0 Å². The highest BCUT2D eigenvalue weighted by atomic mass is 16.5. The molecule has 2 aromatic rings. The van der Waals surface area contributed by atoms with Crippen LogP contribution in [0.15, 0.2) is 60.7 Å². The SMILES string of the molecule is OC(C#CCN1CCOCC1)(c1ccccc1)c1ccccc1. The fourth-order valence-electron chi connectivity index (χ4n) is 2.71. The van der Waals surface area contributed by atoms with Gasteiger partial charge >= 0.3 is 0 Å². The van der Waals surface area contributed by atoms with Crippen molar-refractivity contribution in [3.63, 3.8) is 0 Å². The third-order valence-corrected chi connectivity index (χ3v) is 4.06. The molecule has 1 aliphatic rings. The monoisotopic (exact) mass is 307 g/mol. The maximum Gasteiger partial charge on any atom is 0.176 e. The van der Waals surface area contributed by atoms with Crippen LogP contribution < -0.4 is 0 Å². The molecule has 3 heteroatoms. The number of hydrogen-bond acceptors (Lipinski definition) is 3. The molecular weight excluding hydrogens is 286 g/mol. The Morgan fingerprint density at radius 2 is 1.43 bits per heavy atom. The van der Waals surface area contributed by atoms with Crippen molar-refractivity contribution in [2.24, 2.45) is 0 Å². The van der Waals surface area contributed by atoms with Gasteiger partial charge < -0.3 is 9.84 Å². The molecule has 1 aliphatic heterocycles. The van der Waals surface area contributed by atoms with Crippen LogP contribution in [0, 0.1) is 11.8 Å². The van der Waals surface area contributed by atoms with Crippen LogP contribution in [0.4, 0.5) is 0 Å². The summed E-state index contributed by atoms with van der Waals surface area (Å²) in [6.45, 7) is 3.94. The number of hydrogen-bond donors (Lipinski definition) is 1. The van der Waals surface area contributed by atoms with Crippen molar-refractivity contribution in [3.05, 3.63) is 71.8 Å². The second-order valence-electron chi connectivity index (χ2n) is 5.63. The van der Waals surface area contributed by atoms with E-state index in [2.05, 4.69) is 16.7 Å². The fraction of sp³-hybridized carbons (Fsp3) is 0.300. The first kappa shape index (κ1) is 15.8. The molecule has 0 atom stereocenters. The Morgan fingerprint density at radius 1 is 0.913 bits per heavy atom. The summed E-state index contributed by atoms with van der Waals surface area (Å²) >= 11 is 0. The summed E-state index contributed by atoms with van der Waals surface area (Å²) in [6.07, 6.45) is 0. The van der Waals surface area contributed by atoms with Crippen molar-refractivity contribution in [3.8, 4) is 11.8 Å². The molecule has 1 heterocycles. The molecule has 0 amide bonds. The van der Waals surface area contributed by atoms with Gasteiger partial charge in [-0.3, -0.25) is 4.90 Å². The molecule has 118 valence electrons. The van der Waals surface area contributed by atoms with E-state index in [-0.39, 0.29) is 0 Å². The van der Waals surface area contributed by atoms with Crippen LogP contribution in [0.5, 0.6) is 0 Å². The van der Waals surface area contributed by atoms with Crippen molar-refractivity contribution in [1.82, 2.24) is 4.90 Å². The third-order valence-electron chi connectivity index (χ3n) is 4.06. The van der Waals surface area contributed by atoms with E-state index >= 15 is 0 Å². The number of morpholine rings is 1. The molecular formula is C20H21NO2. The lowest BCUT2D eigenvalue weighted by atomic mass is 9.87. The highest BCUT2D eigenvalue weighted by Crippen LogP contribution is 2.28. The van der Waals surface area contributed by atoms with Crippen LogP contribution in [0.1, 0.15) is 11.1 Å². The van der Waals surface area contributed by atoms with E-state index < -0.39 is 5.60 Å². The minimum atomic E-state index is -1.28. The number of benzene rings is 2. The van der Waals surface area contributed by atoms with Crippen molar-refractivity contribution in [2.45, 2.75) is 5.60 Å². The van der Waals surface area contributed by atoms with Gasteiger partial charge in [-0.25, -0.2) is 0 Å². The Labute approximate surface area is 137 Å². The zero-order valence-electron chi connectivity index (χ0n) is 13.1. The Morgan fingerprint density at radius 3 is 1.96 bits per heavy atom. The maximum atomic E-state index is 11.3. The average Bonchev–Trinajstić information content (AvgIpc) is 2.64. The van der Waals surface area contributed by atoms with Crippen LogP contribution >= 0.6 is 0 Å². The molecule has 0 radical (unpaired) electrons. The van der Waals surface area contributed by atoms with E-state index in [1.54, 1.807) is 0 Å². The van der Waals surface area contributed by atoms with Crippen molar-refractivity contribution in [1.29, 1.82) is 0 Å². The summed E-state index contributed by atoms with van der Waals surface area (Å²) in [5.41, 5.74) is 0.302. The van der Waals surface area contributed by atoms with Gasteiger partial charge in [-0.05, 0) is 0 Å². The van der Waals surface area contributed by atoms with Crippen LogP contribution in [-0.4, -0.2) is 42.9 Å². The van der Waals surface area contributed by atoms with E-state index in [0.717, 1.165) is 37.4 Å². The highest BCUT2D eigenvalue weighted by Gasteiger charge is 2.29. The maximum absolute atomic E-state index is 11.3. The van der Waals surface area contributed by atoms with Gasteiger partial charge in [0.15, 0.2) is 5.60 Å². The largest absolute Gasteiger partial charge is 0.379 e. The van der Waals surface area contributed by atoms with Crippen molar-refractivity contribution >= 4 is 0 Å². The summed E-state index contributed by atoms with van der Waals surface area (Å²) in [5.74, 6) is 6.26. The van der Waals surface area contributed by atoms with Gasteiger partial charge in [0.25, 0.3) is 0 Å². The first-order chi connectivity index (χ1) is 11.3. The standard InChI is InChI=1S/C20H21NO2/c22-20(18-8-3-1-4-9-18,19-10-5-2-6-11-19)12-7-13-21-14-16-23-17-15-21/h1-6,8-11,22H,13-17H2. The van der Waals surface area contributed by atoms with Gasteiger partial charge in [-0.2, -0.15) is 0 Å². The Bertz CT molecular complexity index is 628. The van der Waals surface area contributed by atoms with E-state index in [1.165, 1.54) is 0 Å². The molecule has 3 nitrogen and oxygen atoms in total. The minimum Gasteiger partial charge on any atom is -0.379 e. The highest BCUT2D eigenvalue weighted by molar-refractivity contribution is 5.44. The van der Waals surface area contributed by atoms with E-state index in [0.29, 0.717) is 6.54 Å². The molecule has 1 fully saturated rings. The van der Waals surface area contributed by atoms with Crippen molar-refractivity contribution in [2.75, 3.05) is 32.8 Å². The molecule has 0 aliphatic carbocycles. The van der Waals surface area contributed by atoms with E-state index in [4.69, 9.17) is 4.74 Å². The van der Waals surface area contributed by atoms with Gasteiger partial charge in [0, 0.05) is 24.2 Å². The molecule has 0 saturated carbocycles. The first-order valence-electron chi connectivity index (χ1n) is 7.92. The predicted octanol–water partition coefficient (Wildman–Crippen LogP) is 2.26. The quantitative estimate of drug-likeness (QED) is 0.883. The Hall–Kier alpha value is -2.12. The van der Waals surface area contributed by atoms with Crippen molar-refractivity contribution < 1.29 is 9.84 Å². The summed E-state index contributed by atoms with van der Waals surface area (Å²) < 4.78 is 5.35. The van der Waals surface area contributed by atoms with Crippen LogP contribution in [0.3, 0.4) is 0 Å². The lowest BCUT2D eigenvalue weighted by Gasteiger charge is -2.25. The zero-order chi connectivity index (χ0) is 16.0. The second-order valence-corrected chi connectivity index (χ2v) is 5.63. The molecule has 23 heavy (non-hydrogen) atoms. The Balaban J connectivity index is 1.87. The second kappa shape index (κ2) is 7.43. The minimum absolute atomic E-state index is 0.644. The first-order valence-corrected chi connectivity index (χ1v) is 7.92. The number of aliphatic hydroxyl groups is 1. The molecule has 0 bridgehead atoms. The predicted molar refractivity (Wildman–Crippen MR) is 90.9 cm³/mol. The summed E-state index contributed by atoms with van der Waals surface area (Å²) in [5, 5.41) is 11.3. The van der Waals surface area contributed by atoms with Crippen LogP contribution in [0.25, 0.3) is 0 Å². The summed E-state index contributed by atoms with van der Waals surface area (Å²) in [7, 11) is 0. The van der Waals surface area contributed by atoms with E-state index in [1.807, 2.05) is 60.7 Å². The normalized spacial score (nSPS) is 15.7. The Kier molecular flexibility index (Phi) is 5.09. The van der Waals surface area contributed by atoms with Gasteiger partial charge in [0.2, 0.25) is 0 Å². The van der Waals surface area contributed by atoms with Gasteiger partial charge in [-0.15, -0.1) is 0 Å². The molecule has 2 aromatic carbocycles. The fourth-order valence-corrected chi connectivity index (χ4v) is 2.71. The number of nitrogens with zero attached hydrogens (tertiary/aromatic N) is 1. The number of rotatable bonds is 3. The topological polar surface area (TPSA) is 32.7 Å². The lowest BCUT2D eigenvalue weighted by molar-refractivity contribution is 0.0442. The molecule has 1 N–H and O–H groups in total. The third kappa shape index (κ3) is 3.80. The number of ether oxygens (including phenoxy) is 1. The summed E-state index contributed by atoms with van der Waals surface area (Å²) in [6, 6.07) is 19.2. The van der Waals surface area contributed by atoms with Gasteiger partial charge in [0.1, 0.15) is 0 Å². The lowest BCUT2D eigenvalue weighted by Crippen LogP contribution is -2.36. The van der Waals surface area contributed by atoms with Gasteiger partial charge in [-0.1, -0.05) is 72.5 Å². The van der Waals surface area contributed by atoms with E-state index in [9.17, 15) is 5.11 Å². The molecule has 0 unspecified atom stereocenters. The van der Waals surface area contributed by atoms with Gasteiger partial charge in [0.05, 0.1) is 19.8 Å². The average molecular weight is 307 g/mol. The molecule has 1 saturated heterocycles. The smallest absolute Gasteiger partial charge is 0.176 e. The molecule has 0 aromatic heterocycles. The molecule has 0 spiro atoms. The molecule has 3 rings (SSSR count). The summed E-state index contributed by atoms with van der Waals surface area (Å²) in [4.78, 5) is 2.24.